The van der Waals surface area contributed by atoms with Gasteiger partial charge >= 0.3 is 0 Å². The lowest BCUT2D eigenvalue weighted by Crippen LogP contribution is -2.46. The molecule has 1 heterocycles. The average Bonchev–Trinajstić information content (AvgIpc) is 2.58. The summed E-state index contributed by atoms with van der Waals surface area (Å²) in [5.41, 5.74) is 1.28. The Balaban J connectivity index is 1.92. The summed E-state index contributed by atoms with van der Waals surface area (Å²) < 4.78 is 6.00. The average molecular weight is 348 g/mol. The van der Waals surface area contributed by atoms with Crippen LogP contribution in [-0.4, -0.2) is 54.9 Å². The Hall–Kier alpha value is -1.75. The smallest absolute Gasteiger partial charge is 0.194 e. The highest BCUT2D eigenvalue weighted by Crippen LogP contribution is 2.30. The second-order valence-corrected chi connectivity index (χ2v) is 7.55. The molecule has 0 amide bonds. The number of para-hydroxylation sites is 1. The van der Waals surface area contributed by atoms with E-state index in [4.69, 9.17) is 9.73 Å². The van der Waals surface area contributed by atoms with Gasteiger partial charge in [0.05, 0.1) is 12.6 Å². The summed E-state index contributed by atoms with van der Waals surface area (Å²) >= 11 is 0. The molecule has 2 rings (SSSR count). The van der Waals surface area contributed by atoms with E-state index in [1.165, 1.54) is 5.56 Å². The number of piperidine rings is 1. The van der Waals surface area contributed by atoms with Gasteiger partial charge in [-0.1, -0.05) is 39.0 Å². The van der Waals surface area contributed by atoms with E-state index in [0.29, 0.717) is 13.2 Å². The first-order valence-corrected chi connectivity index (χ1v) is 9.35. The van der Waals surface area contributed by atoms with E-state index in [2.05, 4.69) is 50.0 Å². The quantitative estimate of drug-likeness (QED) is 0.488. The van der Waals surface area contributed by atoms with Crippen molar-refractivity contribution >= 4 is 5.96 Å². The molecule has 1 aliphatic rings. The molecule has 0 bridgehead atoms. The molecule has 1 aromatic carbocycles. The Morgan fingerprint density at radius 3 is 2.60 bits per heavy atom. The van der Waals surface area contributed by atoms with E-state index in [9.17, 15) is 5.11 Å². The van der Waals surface area contributed by atoms with Gasteiger partial charge in [-0.2, -0.15) is 0 Å². The lowest BCUT2D eigenvalue weighted by molar-refractivity contribution is 0.108. The summed E-state index contributed by atoms with van der Waals surface area (Å²) in [6, 6.07) is 8.22. The van der Waals surface area contributed by atoms with Crippen LogP contribution in [0.1, 0.15) is 46.1 Å². The molecule has 0 atom stereocenters. The number of likely N-dealkylation sites (tertiary alicyclic amines) is 1. The van der Waals surface area contributed by atoms with Crippen molar-refractivity contribution in [1.29, 1.82) is 0 Å². The van der Waals surface area contributed by atoms with Crippen LogP contribution in [0.2, 0.25) is 0 Å². The molecule has 1 fully saturated rings. The predicted molar refractivity (Wildman–Crippen MR) is 103 cm³/mol. The third kappa shape index (κ3) is 5.92. The summed E-state index contributed by atoms with van der Waals surface area (Å²) in [6.07, 6.45) is 1.44. The van der Waals surface area contributed by atoms with E-state index in [1.54, 1.807) is 0 Å². The minimum Gasteiger partial charge on any atom is -0.491 e. The molecular weight excluding hydrogens is 314 g/mol. The minimum absolute atomic E-state index is 0.0590. The van der Waals surface area contributed by atoms with Crippen LogP contribution >= 0.6 is 0 Å². The maximum absolute atomic E-state index is 9.66. The summed E-state index contributed by atoms with van der Waals surface area (Å²) in [6.45, 7) is 12.4. The van der Waals surface area contributed by atoms with Crippen LogP contribution in [0, 0.1) is 0 Å². The van der Waals surface area contributed by atoms with E-state index < -0.39 is 0 Å². The maximum atomic E-state index is 9.66. The molecule has 0 spiro atoms. The number of nitrogens with zero attached hydrogens (tertiary/aromatic N) is 2. The summed E-state index contributed by atoms with van der Waals surface area (Å²) in [7, 11) is 0. The van der Waals surface area contributed by atoms with E-state index in [0.717, 1.165) is 44.2 Å². The predicted octanol–water partition coefficient (Wildman–Crippen LogP) is 2.79. The Bertz CT molecular complexity index is 558. The van der Waals surface area contributed by atoms with Crippen LogP contribution in [0.3, 0.4) is 0 Å². The van der Waals surface area contributed by atoms with Crippen LogP contribution in [-0.2, 0) is 5.41 Å². The number of ether oxygens (including phenoxy) is 1. The number of nitrogens with one attached hydrogen (secondary N) is 1. The van der Waals surface area contributed by atoms with E-state index in [-0.39, 0.29) is 11.5 Å². The lowest BCUT2D eigenvalue weighted by Gasteiger charge is -2.32. The molecule has 1 saturated heterocycles. The molecule has 1 aliphatic heterocycles. The highest BCUT2D eigenvalue weighted by Gasteiger charge is 2.20. The van der Waals surface area contributed by atoms with Gasteiger partial charge in [0.2, 0.25) is 0 Å². The van der Waals surface area contributed by atoms with Crippen LogP contribution in [0.15, 0.2) is 29.3 Å². The second-order valence-electron chi connectivity index (χ2n) is 7.55. The van der Waals surface area contributed by atoms with Crippen molar-refractivity contribution in [1.82, 2.24) is 10.2 Å². The molecule has 0 saturated carbocycles. The molecule has 0 unspecified atom stereocenters. The first-order chi connectivity index (χ1) is 11.9. The number of guanidine groups is 1. The summed E-state index contributed by atoms with van der Waals surface area (Å²) in [4.78, 5) is 6.92. The zero-order chi connectivity index (χ0) is 18.3. The molecule has 0 radical (unpaired) electrons. The number of hydrogen-bond donors (Lipinski definition) is 2. The Labute approximate surface area is 152 Å². The Kier molecular flexibility index (Phi) is 7.12. The lowest BCUT2D eigenvalue weighted by atomic mass is 9.86. The van der Waals surface area contributed by atoms with Crippen LogP contribution in [0.5, 0.6) is 5.75 Å². The van der Waals surface area contributed by atoms with Gasteiger partial charge in [0.25, 0.3) is 0 Å². The Morgan fingerprint density at radius 2 is 1.96 bits per heavy atom. The van der Waals surface area contributed by atoms with E-state index in [1.807, 2.05) is 12.1 Å². The van der Waals surface area contributed by atoms with Crippen LogP contribution < -0.4 is 10.1 Å². The molecule has 5 nitrogen and oxygen atoms in total. The van der Waals surface area contributed by atoms with Gasteiger partial charge in [-0.15, -0.1) is 0 Å². The van der Waals surface area contributed by atoms with Crippen LogP contribution in [0.25, 0.3) is 0 Å². The first kappa shape index (κ1) is 19.6. The van der Waals surface area contributed by atoms with Crippen molar-refractivity contribution in [3.05, 3.63) is 29.8 Å². The van der Waals surface area contributed by atoms with Crippen molar-refractivity contribution in [2.24, 2.45) is 4.99 Å². The number of aliphatic hydroxyl groups excluding tert-OH is 1. The topological polar surface area (TPSA) is 57.1 Å². The molecule has 25 heavy (non-hydrogen) atoms. The highest BCUT2D eigenvalue weighted by atomic mass is 16.5. The SMILES string of the molecule is CCNC(=NCCOc1ccccc1C(C)(C)C)N1CCC(O)CC1. The number of hydrogen-bond acceptors (Lipinski definition) is 3. The van der Waals surface area contributed by atoms with E-state index >= 15 is 0 Å². The third-order valence-corrected chi connectivity index (χ3v) is 4.40. The van der Waals surface area contributed by atoms with Gasteiger partial charge in [0, 0.05) is 19.6 Å². The number of benzene rings is 1. The molecule has 5 heteroatoms. The first-order valence-electron chi connectivity index (χ1n) is 9.35. The highest BCUT2D eigenvalue weighted by molar-refractivity contribution is 5.80. The third-order valence-electron chi connectivity index (χ3n) is 4.40. The second kappa shape index (κ2) is 9.09. The molecule has 140 valence electrons. The molecule has 0 aliphatic carbocycles. The van der Waals surface area contributed by atoms with Crippen molar-refractivity contribution in [2.45, 2.75) is 52.1 Å². The minimum atomic E-state index is -0.170. The van der Waals surface area contributed by atoms with Crippen molar-refractivity contribution < 1.29 is 9.84 Å². The van der Waals surface area contributed by atoms with Gasteiger partial charge in [-0.3, -0.25) is 0 Å². The zero-order valence-corrected chi connectivity index (χ0v) is 16.1. The summed E-state index contributed by atoms with van der Waals surface area (Å²) in [5.74, 6) is 1.86. The Morgan fingerprint density at radius 1 is 1.28 bits per heavy atom. The van der Waals surface area contributed by atoms with Gasteiger partial charge < -0.3 is 20.1 Å². The van der Waals surface area contributed by atoms with Crippen molar-refractivity contribution in [3.63, 3.8) is 0 Å². The van der Waals surface area contributed by atoms with Gasteiger partial charge in [-0.25, -0.2) is 4.99 Å². The zero-order valence-electron chi connectivity index (χ0n) is 16.1. The monoisotopic (exact) mass is 347 g/mol. The fraction of sp³-hybridized carbons (Fsp3) is 0.650. The van der Waals surface area contributed by atoms with Gasteiger partial charge in [-0.05, 0) is 36.8 Å². The number of rotatable bonds is 5. The number of aliphatic hydroxyl groups is 1. The molecular formula is C20H33N3O2. The van der Waals surface area contributed by atoms with Crippen LogP contribution in [0.4, 0.5) is 0 Å². The van der Waals surface area contributed by atoms with Crippen molar-refractivity contribution in [2.75, 3.05) is 32.8 Å². The molecule has 1 aromatic rings. The number of aliphatic imine (C=N–C) groups is 1. The molecule has 2 N–H and O–H groups in total. The fourth-order valence-electron chi connectivity index (χ4n) is 3.02. The fourth-order valence-corrected chi connectivity index (χ4v) is 3.02. The standard InChI is InChI=1S/C20H33N3O2/c1-5-21-19(23-13-10-16(24)11-14-23)22-12-15-25-18-9-7-6-8-17(18)20(2,3)4/h6-9,16,24H,5,10-15H2,1-4H3,(H,21,22). The van der Waals surface area contributed by atoms with Gasteiger partial charge in [0.1, 0.15) is 12.4 Å². The molecule has 0 aromatic heterocycles. The summed E-state index contributed by atoms with van der Waals surface area (Å²) in [5, 5.41) is 13.0. The largest absolute Gasteiger partial charge is 0.491 e. The normalized spacial score (nSPS) is 16.8. The maximum Gasteiger partial charge on any atom is 0.194 e. The van der Waals surface area contributed by atoms with Gasteiger partial charge in [0.15, 0.2) is 5.96 Å². The van der Waals surface area contributed by atoms with Crippen molar-refractivity contribution in [3.8, 4) is 5.75 Å².